The van der Waals surface area contributed by atoms with Crippen LogP contribution in [0.25, 0.3) is 11.0 Å². The third kappa shape index (κ3) is 3.06. The van der Waals surface area contributed by atoms with Crippen molar-refractivity contribution in [3.63, 3.8) is 0 Å². The first-order chi connectivity index (χ1) is 15.7. The number of ether oxygens (including phenoxy) is 2. The van der Waals surface area contributed by atoms with Crippen molar-refractivity contribution in [3.05, 3.63) is 69.1 Å². The minimum atomic E-state index is -1.33. The quantitative estimate of drug-likeness (QED) is 0.353. The number of para-hydroxylation sites is 2. The molecule has 1 N–H and O–H groups in total. The first-order valence-electron chi connectivity index (χ1n) is 11.0. The first kappa shape index (κ1) is 21.2. The van der Waals surface area contributed by atoms with Gasteiger partial charge in [0.1, 0.15) is 35.0 Å². The molecule has 0 amide bonds. The van der Waals surface area contributed by atoms with Crippen LogP contribution in [0, 0.1) is 5.92 Å². The van der Waals surface area contributed by atoms with Gasteiger partial charge < -0.3 is 19.0 Å². The van der Waals surface area contributed by atoms with Gasteiger partial charge in [0.15, 0.2) is 0 Å². The highest BCUT2D eigenvalue weighted by molar-refractivity contribution is 5.95. The summed E-state index contributed by atoms with van der Waals surface area (Å²) in [5.41, 5.74) is 1.28. The van der Waals surface area contributed by atoms with Crippen molar-refractivity contribution < 1.29 is 28.6 Å². The fourth-order valence-corrected chi connectivity index (χ4v) is 4.92. The van der Waals surface area contributed by atoms with Crippen LogP contribution in [0.3, 0.4) is 0 Å². The van der Waals surface area contributed by atoms with Crippen LogP contribution in [0.4, 0.5) is 0 Å². The van der Waals surface area contributed by atoms with Crippen LogP contribution >= 0.6 is 0 Å². The van der Waals surface area contributed by atoms with E-state index in [1.54, 1.807) is 18.2 Å². The van der Waals surface area contributed by atoms with Crippen LogP contribution < -0.4 is 10.4 Å². The molecule has 0 bridgehead atoms. The van der Waals surface area contributed by atoms with E-state index >= 15 is 0 Å². The third-order valence-corrected chi connectivity index (χ3v) is 6.57. The fourth-order valence-electron chi connectivity index (χ4n) is 4.92. The van der Waals surface area contributed by atoms with Gasteiger partial charge in [-0.2, -0.15) is 0 Å². The number of rotatable bonds is 3. The zero-order valence-electron chi connectivity index (χ0n) is 18.7. The van der Waals surface area contributed by atoms with Crippen LogP contribution in [-0.4, -0.2) is 17.0 Å². The molecule has 0 aliphatic carbocycles. The van der Waals surface area contributed by atoms with Crippen LogP contribution in [-0.2, 0) is 14.3 Å². The molecule has 170 valence electrons. The molecule has 1 saturated heterocycles. The second-order valence-corrected chi connectivity index (χ2v) is 9.23. The Kier molecular flexibility index (Phi) is 4.81. The lowest BCUT2D eigenvalue weighted by Crippen LogP contribution is -2.34. The third-order valence-electron chi connectivity index (χ3n) is 6.57. The van der Waals surface area contributed by atoms with Crippen molar-refractivity contribution >= 4 is 22.9 Å². The topological polar surface area (TPSA) is 103 Å². The largest absolute Gasteiger partial charge is 0.507 e. The minimum absolute atomic E-state index is 0.0444. The molecule has 2 aliphatic heterocycles. The molecule has 2 aliphatic rings. The molecule has 0 saturated carbocycles. The number of carbonyl (C=O) groups is 2. The molecule has 0 spiro atoms. The summed E-state index contributed by atoms with van der Waals surface area (Å²) in [5, 5.41) is 11.4. The fraction of sp³-hybridized carbons (Fsp3) is 0.346. The summed E-state index contributed by atoms with van der Waals surface area (Å²) in [6, 6.07) is 10.6. The number of fused-ring (bicyclic) bond motifs is 4. The summed E-state index contributed by atoms with van der Waals surface area (Å²) < 4.78 is 16.9. The van der Waals surface area contributed by atoms with Gasteiger partial charge in [-0.05, 0) is 29.0 Å². The molecule has 1 aromatic heterocycles. The number of hydrogen-bond donors (Lipinski definition) is 1. The van der Waals surface area contributed by atoms with Crippen LogP contribution in [0.1, 0.15) is 73.8 Å². The van der Waals surface area contributed by atoms with E-state index < -0.39 is 35.5 Å². The Hall–Kier alpha value is -3.61. The Morgan fingerprint density at radius 1 is 0.879 bits per heavy atom. The van der Waals surface area contributed by atoms with Crippen LogP contribution in [0.2, 0.25) is 0 Å². The van der Waals surface area contributed by atoms with Gasteiger partial charge in [0, 0.05) is 5.56 Å². The smallest absolute Gasteiger partial charge is 0.344 e. The maximum atomic E-state index is 13.1. The zero-order chi connectivity index (χ0) is 23.6. The molecular weight excluding hydrogens is 424 g/mol. The molecule has 3 unspecified atom stereocenters. The number of carbonyl (C=O) groups excluding carboxylic acids is 2. The molecule has 33 heavy (non-hydrogen) atoms. The van der Waals surface area contributed by atoms with E-state index in [9.17, 15) is 19.5 Å². The maximum absolute atomic E-state index is 13.1. The summed E-state index contributed by atoms with van der Waals surface area (Å²) in [4.78, 5) is 39.2. The van der Waals surface area contributed by atoms with E-state index in [1.807, 2.05) is 45.9 Å². The minimum Gasteiger partial charge on any atom is -0.507 e. The highest BCUT2D eigenvalue weighted by atomic mass is 16.6. The van der Waals surface area contributed by atoms with E-state index in [-0.39, 0.29) is 28.7 Å². The number of hydrogen-bond acceptors (Lipinski definition) is 7. The Bertz CT molecular complexity index is 1370. The molecule has 7 nitrogen and oxygen atoms in total. The normalized spacial score (nSPS) is 21.8. The van der Waals surface area contributed by atoms with Crippen molar-refractivity contribution in [2.75, 3.05) is 0 Å². The Morgan fingerprint density at radius 2 is 1.55 bits per heavy atom. The molecule has 5 rings (SSSR count). The highest BCUT2D eigenvalue weighted by Crippen LogP contribution is 2.53. The molecule has 3 aromatic rings. The van der Waals surface area contributed by atoms with E-state index in [4.69, 9.17) is 13.9 Å². The van der Waals surface area contributed by atoms with Gasteiger partial charge in [-0.15, -0.1) is 0 Å². The average molecular weight is 448 g/mol. The lowest BCUT2D eigenvalue weighted by molar-refractivity contribution is -0.145. The predicted octanol–water partition coefficient (Wildman–Crippen LogP) is 4.66. The van der Waals surface area contributed by atoms with Gasteiger partial charge in [-0.3, -0.25) is 9.59 Å². The van der Waals surface area contributed by atoms with E-state index in [0.29, 0.717) is 16.7 Å². The summed E-state index contributed by atoms with van der Waals surface area (Å²) in [7, 11) is 0. The van der Waals surface area contributed by atoms with Gasteiger partial charge in [-0.25, -0.2) is 4.79 Å². The van der Waals surface area contributed by atoms with Crippen molar-refractivity contribution in [3.8, 4) is 11.5 Å². The van der Waals surface area contributed by atoms with Crippen LogP contribution in [0.15, 0.2) is 45.6 Å². The maximum Gasteiger partial charge on any atom is 0.344 e. The van der Waals surface area contributed by atoms with Gasteiger partial charge in [0.05, 0.1) is 10.9 Å². The Labute approximate surface area is 189 Å². The zero-order valence-corrected chi connectivity index (χ0v) is 18.7. The molecule has 2 aromatic carbocycles. The van der Waals surface area contributed by atoms with Gasteiger partial charge >= 0.3 is 17.6 Å². The lowest BCUT2D eigenvalue weighted by Gasteiger charge is -2.29. The molecule has 0 radical (unpaired) electrons. The van der Waals surface area contributed by atoms with Crippen molar-refractivity contribution in [1.82, 2.24) is 0 Å². The molecule has 3 atom stereocenters. The van der Waals surface area contributed by atoms with E-state index in [1.165, 1.54) is 0 Å². The SMILES string of the molecule is CC(C)c1cccc2c1OC(=O)C1C2OC(=O)C1c1c(O)c2cccc(C(C)C)c2oc1=O. The van der Waals surface area contributed by atoms with Crippen molar-refractivity contribution in [2.45, 2.75) is 51.6 Å². The second-order valence-electron chi connectivity index (χ2n) is 9.23. The first-order valence-corrected chi connectivity index (χ1v) is 11.0. The Balaban J connectivity index is 1.68. The summed E-state index contributed by atoms with van der Waals surface area (Å²) in [6.07, 6.45) is -0.908. The highest BCUT2D eigenvalue weighted by Gasteiger charge is 2.56. The average Bonchev–Trinajstić information content (AvgIpc) is 3.10. The number of aromatic hydroxyl groups is 1. The van der Waals surface area contributed by atoms with Crippen molar-refractivity contribution in [2.24, 2.45) is 5.92 Å². The Morgan fingerprint density at radius 3 is 2.24 bits per heavy atom. The summed E-state index contributed by atoms with van der Waals surface area (Å²) in [5.74, 6) is -3.73. The monoisotopic (exact) mass is 448 g/mol. The van der Waals surface area contributed by atoms with Gasteiger partial charge in [-0.1, -0.05) is 58.0 Å². The van der Waals surface area contributed by atoms with E-state index in [0.717, 1.165) is 11.1 Å². The molecule has 3 heterocycles. The number of benzene rings is 2. The van der Waals surface area contributed by atoms with Gasteiger partial charge in [0.25, 0.3) is 0 Å². The predicted molar refractivity (Wildman–Crippen MR) is 119 cm³/mol. The second kappa shape index (κ2) is 7.47. The van der Waals surface area contributed by atoms with Crippen LogP contribution in [0.5, 0.6) is 11.5 Å². The number of esters is 2. The molecule has 7 heteroatoms. The van der Waals surface area contributed by atoms with E-state index in [2.05, 4.69) is 0 Å². The summed E-state index contributed by atoms with van der Waals surface area (Å²) in [6.45, 7) is 7.84. The molecule has 1 fully saturated rings. The lowest BCUT2D eigenvalue weighted by atomic mass is 9.80. The van der Waals surface area contributed by atoms with Gasteiger partial charge in [0.2, 0.25) is 0 Å². The summed E-state index contributed by atoms with van der Waals surface area (Å²) >= 11 is 0. The standard InChI is InChI=1S/C26H24O7/c1-11(2)13-7-5-9-15-20(27)18(25(29)31-21(13)15)17-19-23(33-24(17)28)16-10-6-8-14(12(3)4)22(16)32-26(19)30/h5-12,17,19,23,27H,1-4H3. The van der Waals surface area contributed by atoms with Crippen molar-refractivity contribution in [1.29, 1.82) is 0 Å². The molecular formula is C26H24O7.